The molecule has 7 heteroatoms. The Morgan fingerprint density at radius 3 is 2.93 bits per heavy atom. The molecule has 0 amide bonds. The summed E-state index contributed by atoms with van der Waals surface area (Å²) in [6.45, 7) is 2.27. The number of hydrogen-bond donors (Lipinski definition) is 3. The standard InChI is InChI=1S/C7H10ClN3O3/c1-2-11-5(6(8)10-14)3-4(9-11)7(12)13/h3,6,10,14H,2H2,1H3,(H,12,13). The molecule has 0 aliphatic rings. The van der Waals surface area contributed by atoms with Gasteiger partial charge >= 0.3 is 5.97 Å². The number of carboxylic acids is 1. The maximum atomic E-state index is 10.6. The van der Waals surface area contributed by atoms with Crippen molar-refractivity contribution < 1.29 is 15.1 Å². The number of carbonyl (C=O) groups is 1. The maximum absolute atomic E-state index is 10.6. The SMILES string of the molecule is CCn1nc(C(=O)O)cc1C(Cl)NO. The minimum Gasteiger partial charge on any atom is -0.476 e. The highest BCUT2D eigenvalue weighted by Crippen LogP contribution is 2.17. The van der Waals surface area contributed by atoms with Crippen LogP contribution in [0.4, 0.5) is 0 Å². The van der Waals surface area contributed by atoms with E-state index in [4.69, 9.17) is 21.9 Å². The van der Waals surface area contributed by atoms with Gasteiger partial charge in [0.2, 0.25) is 0 Å². The van der Waals surface area contributed by atoms with Crippen LogP contribution >= 0.6 is 11.6 Å². The van der Waals surface area contributed by atoms with E-state index in [0.29, 0.717) is 12.2 Å². The third-order valence-corrected chi connectivity index (χ3v) is 2.02. The summed E-state index contributed by atoms with van der Waals surface area (Å²) in [5, 5.41) is 21.0. The average molecular weight is 220 g/mol. The quantitative estimate of drug-likeness (QED) is 0.396. The van der Waals surface area contributed by atoms with Crippen LogP contribution in [0.5, 0.6) is 0 Å². The molecule has 0 fully saturated rings. The van der Waals surface area contributed by atoms with E-state index in [-0.39, 0.29) is 5.69 Å². The van der Waals surface area contributed by atoms with Gasteiger partial charge in [0.1, 0.15) is 5.50 Å². The first-order valence-corrected chi connectivity index (χ1v) is 4.38. The second-order valence-corrected chi connectivity index (χ2v) is 3.00. The van der Waals surface area contributed by atoms with Gasteiger partial charge in [0.25, 0.3) is 0 Å². The molecule has 1 rings (SSSR count). The van der Waals surface area contributed by atoms with Gasteiger partial charge in [0.05, 0.1) is 5.69 Å². The molecular weight excluding hydrogens is 210 g/mol. The number of hydroxylamine groups is 1. The third kappa shape index (κ3) is 2.03. The molecule has 0 aromatic carbocycles. The van der Waals surface area contributed by atoms with Gasteiger partial charge in [-0.2, -0.15) is 10.6 Å². The first-order chi connectivity index (χ1) is 6.60. The molecule has 0 aliphatic heterocycles. The predicted octanol–water partition coefficient (Wildman–Crippen LogP) is 0.817. The minimum atomic E-state index is -1.12. The topological polar surface area (TPSA) is 87.4 Å². The number of rotatable bonds is 4. The second-order valence-electron chi connectivity index (χ2n) is 2.57. The van der Waals surface area contributed by atoms with E-state index in [1.165, 1.54) is 10.7 Å². The van der Waals surface area contributed by atoms with Gasteiger partial charge in [0, 0.05) is 6.54 Å². The van der Waals surface area contributed by atoms with Gasteiger partial charge in [0.15, 0.2) is 5.69 Å². The number of carboxylic acid groups (broad SMARTS) is 1. The van der Waals surface area contributed by atoms with E-state index in [2.05, 4.69) is 5.10 Å². The summed E-state index contributed by atoms with van der Waals surface area (Å²) in [6.07, 6.45) is 0. The van der Waals surface area contributed by atoms with Crippen LogP contribution in [0.2, 0.25) is 0 Å². The molecule has 3 N–H and O–H groups in total. The second kappa shape index (κ2) is 4.41. The Morgan fingerprint density at radius 2 is 2.50 bits per heavy atom. The fourth-order valence-corrected chi connectivity index (χ4v) is 1.23. The van der Waals surface area contributed by atoms with E-state index in [1.807, 2.05) is 5.48 Å². The van der Waals surface area contributed by atoms with Gasteiger partial charge in [-0.15, -0.1) is 0 Å². The highest BCUT2D eigenvalue weighted by atomic mass is 35.5. The summed E-state index contributed by atoms with van der Waals surface area (Å²) in [5.41, 5.74) is 1.27. The van der Waals surface area contributed by atoms with Crippen molar-refractivity contribution in [1.82, 2.24) is 15.3 Å². The highest BCUT2D eigenvalue weighted by molar-refractivity contribution is 6.20. The minimum absolute atomic E-state index is 0.0947. The Morgan fingerprint density at radius 1 is 1.86 bits per heavy atom. The van der Waals surface area contributed by atoms with Crippen molar-refractivity contribution in [1.29, 1.82) is 0 Å². The Labute approximate surface area is 85.1 Å². The van der Waals surface area contributed by atoms with Gasteiger partial charge in [-0.1, -0.05) is 11.6 Å². The van der Waals surface area contributed by atoms with Crippen molar-refractivity contribution in [2.45, 2.75) is 19.0 Å². The first-order valence-electron chi connectivity index (χ1n) is 3.94. The van der Waals surface area contributed by atoms with Crippen LogP contribution in [0.1, 0.15) is 28.6 Å². The van der Waals surface area contributed by atoms with E-state index in [0.717, 1.165) is 0 Å². The maximum Gasteiger partial charge on any atom is 0.356 e. The fraction of sp³-hybridized carbons (Fsp3) is 0.429. The normalized spacial score (nSPS) is 12.8. The van der Waals surface area contributed by atoms with Crippen molar-refractivity contribution in [2.24, 2.45) is 0 Å². The van der Waals surface area contributed by atoms with Crippen LogP contribution < -0.4 is 5.48 Å². The zero-order chi connectivity index (χ0) is 10.7. The van der Waals surface area contributed by atoms with E-state index in [9.17, 15) is 4.79 Å². The number of nitrogens with one attached hydrogen (secondary N) is 1. The zero-order valence-electron chi connectivity index (χ0n) is 7.44. The number of aryl methyl sites for hydroxylation is 1. The number of halogens is 1. The van der Waals surface area contributed by atoms with Crippen LogP contribution in [0.3, 0.4) is 0 Å². The molecule has 0 saturated carbocycles. The Hall–Kier alpha value is -1.11. The molecule has 1 aromatic heterocycles. The molecule has 6 nitrogen and oxygen atoms in total. The molecule has 0 bridgehead atoms. The van der Waals surface area contributed by atoms with E-state index >= 15 is 0 Å². The first kappa shape index (κ1) is 11.0. The lowest BCUT2D eigenvalue weighted by atomic mass is 10.3. The number of hydrogen-bond acceptors (Lipinski definition) is 4. The molecule has 0 radical (unpaired) electrons. The third-order valence-electron chi connectivity index (χ3n) is 1.70. The summed E-state index contributed by atoms with van der Waals surface area (Å²) in [7, 11) is 0. The van der Waals surface area contributed by atoms with Crippen LogP contribution in [0.25, 0.3) is 0 Å². The van der Waals surface area contributed by atoms with E-state index < -0.39 is 11.5 Å². The fourth-order valence-electron chi connectivity index (χ4n) is 1.06. The predicted molar refractivity (Wildman–Crippen MR) is 48.4 cm³/mol. The molecule has 0 spiro atoms. The Kier molecular flexibility index (Phi) is 3.45. The smallest absolute Gasteiger partial charge is 0.356 e. The highest BCUT2D eigenvalue weighted by Gasteiger charge is 2.17. The molecule has 0 saturated heterocycles. The molecule has 0 aliphatic carbocycles. The summed E-state index contributed by atoms with van der Waals surface area (Å²) < 4.78 is 1.41. The van der Waals surface area contributed by atoms with Crippen molar-refractivity contribution >= 4 is 17.6 Å². The number of aromatic carboxylic acids is 1. The van der Waals surface area contributed by atoms with Crippen molar-refractivity contribution in [3.63, 3.8) is 0 Å². The number of alkyl halides is 1. The lowest BCUT2D eigenvalue weighted by Crippen LogP contribution is -2.15. The van der Waals surface area contributed by atoms with Gasteiger partial charge in [-0.05, 0) is 13.0 Å². The molecule has 1 heterocycles. The van der Waals surface area contributed by atoms with Gasteiger partial charge < -0.3 is 10.3 Å². The molecule has 14 heavy (non-hydrogen) atoms. The number of nitrogens with zero attached hydrogens (tertiary/aromatic N) is 2. The number of aromatic nitrogens is 2. The average Bonchev–Trinajstić information content (AvgIpc) is 2.60. The van der Waals surface area contributed by atoms with Crippen molar-refractivity contribution in [2.75, 3.05) is 0 Å². The van der Waals surface area contributed by atoms with Gasteiger partial charge in [-0.3, -0.25) is 4.68 Å². The lowest BCUT2D eigenvalue weighted by Gasteiger charge is -2.07. The zero-order valence-corrected chi connectivity index (χ0v) is 8.19. The van der Waals surface area contributed by atoms with E-state index in [1.54, 1.807) is 6.92 Å². The summed E-state index contributed by atoms with van der Waals surface area (Å²) in [5.74, 6) is -1.12. The van der Waals surface area contributed by atoms with Crippen LogP contribution in [-0.2, 0) is 6.54 Å². The van der Waals surface area contributed by atoms with Gasteiger partial charge in [-0.25, -0.2) is 4.79 Å². The summed E-state index contributed by atoms with van der Waals surface area (Å²) in [4.78, 5) is 10.6. The molecule has 78 valence electrons. The monoisotopic (exact) mass is 219 g/mol. The van der Waals surface area contributed by atoms with Crippen LogP contribution in [-0.4, -0.2) is 26.1 Å². The summed E-state index contributed by atoms with van der Waals surface area (Å²) in [6, 6.07) is 1.31. The van der Waals surface area contributed by atoms with Crippen molar-refractivity contribution in [3.8, 4) is 0 Å². The van der Waals surface area contributed by atoms with Crippen LogP contribution in [0.15, 0.2) is 6.07 Å². The molecular formula is C7H10ClN3O3. The summed E-state index contributed by atoms with van der Waals surface area (Å²) >= 11 is 5.68. The molecule has 1 aromatic rings. The van der Waals surface area contributed by atoms with Crippen molar-refractivity contribution in [3.05, 3.63) is 17.5 Å². The molecule has 1 unspecified atom stereocenters. The molecule has 1 atom stereocenters. The van der Waals surface area contributed by atoms with Crippen LogP contribution in [0, 0.1) is 0 Å². The largest absolute Gasteiger partial charge is 0.476 e. The Balaban J connectivity index is 3.08. The Bertz CT molecular complexity index is 339. The lowest BCUT2D eigenvalue weighted by molar-refractivity contribution is 0.0689.